The number of carbonyl (C=O) groups excluding carboxylic acids is 1. The van der Waals surface area contributed by atoms with Gasteiger partial charge < -0.3 is 15.6 Å². The van der Waals surface area contributed by atoms with Gasteiger partial charge in [-0.1, -0.05) is 181 Å². The molecule has 0 aromatic carbocycles. The SMILES string of the molecule is CCCCCCCCCCCCCCCCN(CCCCCCCCCCCCCCCC)C(C)C(NC(CCCN)C(=O)O)OC=O. The molecular weight excluding hydrogens is 598 g/mol. The van der Waals surface area contributed by atoms with Gasteiger partial charge >= 0.3 is 5.97 Å². The molecule has 7 nitrogen and oxygen atoms in total. The summed E-state index contributed by atoms with van der Waals surface area (Å²) in [5.41, 5.74) is 5.65. The highest BCUT2D eigenvalue weighted by Crippen LogP contribution is 2.17. The highest BCUT2D eigenvalue weighted by molar-refractivity contribution is 5.73. The number of nitrogens with zero attached hydrogens (tertiary/aromatic N) is 1. The summed E-state index contributed by atoms with van der Waals surface area (Å²) >= 11 is 0. The molecule has 4 N–H and O–H groups in total. The standard InChI is InChI=1S/C41H83N3O4/c1-4-6-8-10-12-14-16-18-20-22-24-26-28-30-35-44(38(3)40(48-37-45)43-39(41(46)47)33-32-34-42)36-31-29-27-25-23-21-19-17-15-13-11-9-7-5-2/h37-40,43H,4-36,42H2,1-3H3,(H,46,47). The van der Waals surface area contributed by atoms with Crippen molar-refractivity contribution in [3.8, 4) is 0 Å². The topological polar surface area (TPSA) is 105 Å². The van der Waals surface area contributed by atoms with E-state index in [1.54, 1.807) is 0 Å². The molecule has 0 heterocycles. The van der Waals surface area contributed by atoms with Crippen LogP contribution in [0.3, 0.4) is 0 Å². The maximum atomic E-state index is 11.9. The first-order valence-electron chi connectivity index (χ1n) is 21.0. The number of hydrogen-bond acceptors (Lipinski definition) is 6. The summed E-state index contributed by atoms with van der Waals surface area (Å²) in [5, 5.41) is 12.9. The van der Waals surface area contributed by atoms with Crippen LogP contribution in [0.4, 0.5) is 0 Å². The second kappa shape index (κ2) is 37.1. The van der Waals surface area contributed by atoms with Gasteiger partial charge in [-0.15, -0.1) is 0 Å². The van der Waals surface area contributed by atoms with Crippen molar-refractivity contribution in [1.82, 2.24) is 10.2 Å². The first kappa shape index (κ1) is 46.8. The summed E-state index contributed by atoms with van der Waals surface area (Å²) in [6, 6.07) is -0.899. The number of ether oxygens (including phenoxy) is 1. The van der Waals surface area contributed by atoms with Crippen LogP contribution in [0.25, 0.3) is 0 Å². The Morgan fingerprint density at radius 1 is 0.625 bits per heavy atom. The molecule has 7 heteroatoms. The van der Waals surface area contributed by atoms with Crippen molar-refractivity contribution >= 4 is 12.4 Å². The highest BCUT2D eigenvalue weighted by Gasteiger charge is 2.29. The number of unbranched alkanes of at least 4 members (excludes halogenated alkanes) is 26. The summed E-state index contributed by atoms with van der Waals surface area (Å²) in [4.78, 5) is 25.8. The van der Waals surface area contributed by atoms with E-state index in [4.69, 9.17) is 10.5 Å². The molecule has 48 heavy (non-hydrogen) atoms. The highest BCUT2D eigenvalue weighted by atomic mass is 16.5. The number of nitrogens with two attached hydrogens (primary N) is 1. The average molecular weight is 682 g/mol. The van der Waals surface area contributed by atoms with Gasteiger partial charge in [0.2, 0.25) is 0 Å². The lowest BCUT2D eigenvalue weighted by atomic mass is 10.0. The maximum Gasteiger partial charge on any atom is 0.320 e. The smallest absolute Gasteiger partial charge is 0.320 e. The zero-order valence-corrected chi connectivity index (χ0v) is 32.3. The van der Waals surface area contributed by atoms with Gasteiger partial charge in [0.1, 0.15) is 6.04 Å². The van der Waals surface area contributed by atoms with Crippen molar-refractivity contribution in [3.63, 3.8) is 0 Å². The number of nitrogens with one attached hydrogen (secondary N) is 1. The zero-order valence-electron chi connectivity index (χ0n) is 32.3. The third-order valence-corrected chi connectivity index (χ3v) is 10.2. The molecule has 0 aromatic heterocycles. The number of carbonyl (C=O) groups is 2. The van der Waals surface area contributed by atoms with Gasteiger partial charge in [-0.3, -0.25) is 19.8 Å². The average Bonchev–Trinajstić information content (AvgIpc) is 3.08. The molecule has 0 aliphatic carbocycles. The second-order valence-electron chi connectivity index (χ2n) is 14.6. The molecule has 0 aliphatic rings. The van der Waals surface area contributed by atoms with E-state index in [1.807, 2.05) is 0 Å². The largest absolute Gasteiger partial charge is 0.480 e. The van der Waals surface area contributed by atoms with E-state index in [-0.39, 0.29) is 6.04 Å². The first-order valence-corrected chi connectivity index (χ1v) is 21.0. The third kappa shape index (κ3) is 29.7. The quantitative estimate of drug-likeness (QED) is 0.0336. The fourth-order valence-electron chi connectivity index (χ4n) is 6.88. The minimum absolute atomic E-state index is 0.112. The molecular formula is C41H83N3O4. The van der Waals surface area contributed by atoms with Gasteiger partial charge in [-0.25, -0.2) is 0 Å². The molecule has 0 rings (SSSR count). The fourth-order valence-corrected chi connectivity index (χ4v) is 6.88. The second-order valence-corrected chi connectivity index (χ2v) is 14.6. The zero-order chi connectivity index (χ0) is 35.3. The molecule has 0 fully saturated rings. The summed E-state index contributed by atoms with van der Waals surface area (Å²) in [6.07, 6.45) is 37.8. The van der Waals surface area contributed by atoms with Gasteiger partial charge in [0, 0.05) is 0 Å². The molecule has 3 atom stereocenters. The van der Waals surface area contributed by atoms with Crippen molar-refractivity contribution in [3.05, 3.63) is 0 Å². The van der Waals surface area contributed by atoms with Crippen LogP contribution >= 0.6 is 0 Å². The Labute approximate surface area is 298 Å². The van der Waals surface area contributed by atoms with Gasteiger partial charge in [0.05, 0.1) is 6.04 Å². The Hall–Kier alpha value is -1.18. The Kier molecular flexibility index (Phi) is 36.2. The summed E-state index contributed by atoms with van der Waals surface area (Å²) in [6.45, 7) is 9.40. The maximum absolute atomic E-state index is 11.9. The van der Waals surface area contributed by atoms with Crippen LogP contribution in [0.1, 0.15) is 213 Å². The Balaban J connectivity index is 4.56. The van der Waals surface area contributed by atoms with Crippen LogP contribution in [0.5, 0.6) is 0 Å². The summed E-state index contributed by atoms with van der Waals surface area (Å²) in [7, 11) is 0. The molecule has 286 valence electrons. The molecule has 3 unspecified atom stereocenters. The molecule has 0 saturated heterocycles. The molecule has 0 aromatic rings. The number of carboxylic acids is 1. The van der Waals surface area contributed by atoms with Crippen LogP contribution in [-0.4, -0.2) is 60.4 Å². The van der Waals surface area contributed by atoms with Crippen LogP contribution in [0, 0.1) is 0 Å². The van der Waals surface area contributed by atoms with Gasteiger partial charge in [0.15, 0.2) is 6.23 Å². The predicted octanol–water partition coefficient (Wildman–Crippen LogP) is 10.9. The van der Waals surface area contributed by atoms with Crippen molar-refractivity contribution in [2.75, 3.05) is 19.6 Å². The monoisotopic (exact) mass is 682 g/mol. The fraction of sp³-hybridized carbons (Fsp3) is 0.951. The molecule has 0 bridgehead atoms. The van der Waals surface area contributed by atoms with E-state index in [9.17, 15) is 14.7 Å². The lowest BCUT2D eigenvalue weighted by molar-refractivity contribution is -0.147. The van der Waals surface area contributed by atoms with E-state index in [0.717, 1.165) is 25.9 Å². The number of aliphatic carboxylic acids is 1. The molecule has 0 aliphatic heterocycles. The van der Waals surface area contributed by atoms with Crippen LogP contribution in [0.2, 0.25) is 0 Å². The van der Waals surface area contributed by atoms with Crippen LogP contribution < -0.4 is 11.1 Å². The van der Waals surface area contributed by atoms with Gasteiger partial charge in [-0.05, 0) is 52.2 Å². The van der Waals surface area contributed by atoms with Gasteiger partial charge in [-0.2, -0.15) is 0 Å². The lowest BCUT2D eigenvalue weighted by Gasteiger charge is -2.35. The van der Waals surface area contributed by atoms with Crippen molar-refractivity contribution in [2.24, 2.45) is 5.73 Å². The predicted molar refractivity (Wildman–Crippen MR) is 205 cm³/mol. The first-order chi connectivity index (χ1) is 23.5. The van der Waals surface area contributed by atoms with E-state index < -0.39 is 18.2 Å². The van der Waals surface area contributed by atoms with E-state index in [2.05, 4.69) is 31.0 Å². The van der Waals surface area contributed by atoms with E-state index in [1.165, 1.54) is 167 Å². The Bertz CT molecular complexity index is 648. The minimum atomic E-state index is -0.930. The van der Waals surface area contributed by atoms with E-state index >= 15 is 0 Å². The summed E-state index contributed by atoms with van der Waals surface area (Å²) in [5.74, 6) is -0.930. The number of carboxylic acid groups (broad SMARTS) is 1. The van der Waals surface area contributed by atoms with Crippen LogP contribution in [-0.2, 0) is 14.3 Å². The summed E-state index contributed by atoms with van der Waals surface area (Å²) < 4.78 is 5.47. The van der Waals surface area contributed by atoms with Crippen molar-refractivity contribution in [1.29, 1.82) is 0 Å². The Morgan fingerprint density at radius 3 is 1.25 bits per heavy atom. The van der Waals surface area contributed by atoms with Crippen molar-refractivity contribution in [2.45, 2.75) is 232 Å². The third-order valence-electron chi connectivity index (χ3n) is 10.2. The normalized spacial score (nSPS) is 13.5. The molecule has 0 amide bonds. The number of hydrogen-bond donors (Lipinski definition) is 3. The number of rotatable bonds is 40. The molecule has 0 spiro atoms. The molecule has 0 saturated carbocycles. The lowest BCUT2D eigenvalue weighted by Crippen LogP contribution is -2.55. The minimum Gasteiger partial charge on any atom is -0.480 e. The van der Waals surface area contributed by atoms with E-state index in [0.29, 0.717) is 25.9 Å². The molecule has 0 radical (unpaired) electrons. The van der Waals surface area contributed by atoms with Crippen LogP contribution in [0.15, 0.2) is 0 Å². The van der Waals surface area contributed by atoms with Crippen molar-refractivity contribution < 1.29 is 19.4 Å². The Morgan fingerprint density at radius 2 is 0.958 bits per heavy atom. The van der Waals surface area contributed by atoms with Gasteiger partial charge in [0.25, 0.3) is 6.47 Å².